The van der Waals surface area contributed by atoms with Crippen molar-refractivity contribution >= 4 is 27.5 Å². The van der Waals surface area contributed by atoms with Gasteiger partial charge in [0, 0.05) is 15.1 Å². The first-order chi connectivity index (χ1) is 6.65. The van der Waals surface area contributed by atoms with Crippen LogP contribution in [-0.2, 0) is 0 Å². The molecule has 0 saturated heterocycles. The molecule has 0 aliphatic heterocycles. The van der Waals surface area contributed by atoms with Gasteiger partial charge in [-0.15, -0.1) is 0 Å². The van der Waals surface area contributed by atoms with Crippen molar-refractivity contribution in [3.05, 3.63) is 38.2 Å². The van der Waals surface area contributed by atoms with Crippen LogP contribution in [0.25, 0.3) is 11.4 Å². The van der Waals surface area contributed by atoms with E-state index in [-0.39, 0.29) is 0 Å². The molecule has 1 aromatic carbocycles. The largest absolute Gasteiger partial charge is 0.439 e. The molecular formula is C8H4BrClN2O2. The summed E-state index contributed by atoms with van der Waals surface area (Å²) in [4.78, 5) is 13.1. The van der Waals surface area contributed by atoms with Gasteiger partial charge in [-0.3, -0.25) is 9.51 Å². The molecule has 0 fully saturated rings. The first-order valence-electron chi connectivity index (χ1n) is 3.67. The van der Waals surface area contributed by atoms with E-state index in [1.807, 2.05) is 0 Å². The molecule has 1 aromatic heterocycles. The number of aromatic nitrogens is 2. The van der Waals surface area contributed by atoms with Gasteiger partial charge >= 0.3 is 5.76 Å². The second-order valence-corrected chi connectivity index (χ2v) is 3.95. The number of hydrogen-bond donors (Lipinski definition) is 1. The van der Waals surface area contributed by atoms with Crippen molar-refractivity contribution in [3.8, 4) is 11.4 Å². The van der Waals surface area contributed by atoms with Gasteiger partial charge in [-0.1, -0.05) is 32.7 Å². The molecule has 1 N–H and O–H groups in total. The smallest absolute Gasteiger partial charge is 0.296 e. The van der Waals surface area contributed by atoms with Gasteiger partial charge < -0.3 is 0 Å². The Balaban J connectivity index is 2.56. The Morgan fingerprint density at radius 2 is 2.21 bits per heavy atom. The minimum absolute atomic E-state index is 0.359. The van der Waals surface area contributed by atoms with E-state index in [0.717, 1.165) is 4.47 Å². The molecule has 14 heavy (non-hydrogen) atoms. The van der Waals surface area contributed by atoms with E-state index in [0.29, 0.717) is 16.4 Å². The molecule has 72 valence electrons. The summed E-state index contributed by atoms with van der Waals surface area (Å²) < 4.78 is 5.19. The molecule has 0 spiro atoms. The summed E-state index contributed by atoms with van der Waals surface area (Å²) in [6.45, 7) is 0. The molecule has 1 heterocycles. The number of hydrogen-bond acceptors (Lipinski definition) is 3. The lowest BCUT2D eigenvalue weighted by atomic mass is 10.2. The highest BCUT2D eigenvalue weighted by molar-refractivity contribution is 9.10. The zero-order chi connectivity index (χ0) is 10.1. The Morgan fingerprint density at radius 1 is 1.43 bits per heavy atom. The Morgan fingerprint density at radius 3 is 2.79 bits per heavy atom. The van der Waals surface area contributed by atoms with Crippen molar-refractivity contribution in [3.63, 3.8) is 0 Å². The number of H-pyrrole nitrogens is 1. The number of aromatic amines is 1. The van der Waals surface area contributed by atoms with Crippen LogP contribution in [0.15, 0.2) is 32.0 Å². The van der Waals surface area contributed by atoms with Crippen molar-refractivity contribution in [2.24, 2.45) is 0 Å². The summed E-state index contributed by atoms with van der Waals surface area (Å²) in [5.74, 6) is -0.228. The molecule has 0 saturated carbocycles. The fourth-order valence-corrected chi connectivity index (χ4v) is 1.90. The second kappa shape index (κ2) is 3.59. The molecule has 0 atom stereocenters. The van der Waals surface area contributed by atoms with E-state index in [1.54, 1.807) is 18.2 Å². The van der Waals surface area contributed by atoms with Crippen molar-refractivity contribution in [1.29, 1.82) is 0 Å². The first kappa shape index (κ1) is 9.48. The summed E-state index contributed by atoms with van der Waals surface area (Å²) in [7, 11) is 0. The normalized spacial score (nSPS) is 10.4. The van der Waals surface area contributed by atoms with E-state index in [9.17, 15) is 4.79 Å². The highest BCUT2D eigenvalue weighted by Crippen LogP contribution is 2.24. The summed E-state index contributed by atoms with van der Waals surface area (Å²) in [5.41, 5.74) is 0.690. The molecule has 0 amide bonds. The summed E-state index contributed by atoms with van der Waals surface area (Å²) in [5, 5.41) is 4.10. The summed E-state index contributed by atoms with van der Waals surface area (Å²) in [6.07, 6.45) is 0. The summed E-state index contributed by atoms with van der Waals surface area (Å²) in [6, 6.07) is 5.20. The fourth-order valence-electron chi connectivity index (χ4n) is 1.04. The zero-order valence-electron chi connectivity index (χ0n) is 6.75. The lowest BCUT2D eigenvalue weighted by Gasteiger charge is -1.97. The lowest BCUT2D eigenvalue weighted by Crippen LogP contribution is -1.94. The third-order valence-electron chi connectivity index (χ3n) is 1.58. The topological polar surface area (TPSA) is 58.9 Å². The van der Waals surface area contributed by atoms with Gasteiger partial charge in [0.05, 0.1) is 0 Å². The Labute approximate surface area is 92.0 Å². The van der Waals surface area contributed by atoms with Crippen LogP contribution in [0.3, 0.4) is 0 Å². The third-order valence-corrected chi connectivity index (χ3v) is 2.25. The highest BCUT2D eigenvalue weighted by Gasteiger charge is 2.05. The van der Waals surface area contributed by atoms with Crippen LogP contribution in [0.5, 0.6) is 0 Å². The molecule has 0 unspecified atom stereocenters. The van der Waals surface area contributed by atoms with Crippen LogP contribution >= 0.6 is 27.5 Å². The van der Waals surface area contributed by atoms with Crippen molar-refractivity contribution < 1.29 is 4.52 Å². The molecule has 0 bridgehead atoms. The maximum atomic E-state index is 10.7. The Bertz CT molecular complexity index is 500. The van der Waals surface area contributed by atoms with Crippen LogP contribution in [0.2, 0.25) is 5.02 Å². The number of halogens is 2. The standard InChI is InChI=1S/C8H4BrClN2O2/c9-5-1-4(2-6(10)3-5)7-11-8(13)14-12-7/h1-3H,(H,11,12,13). The van der Waals surface area contributed by atoms with Crippen molar-refractivity contribution in [1.82, 2.24) is 10.1 Å². The molecule has 2 rings (SSSR count). The van der Waals surface area contributed by atoms with Crippen LogP contribution in [-0.4, -0.2) is 10.1 Å². The van der Waals surface area contributed by atoms with Gasteiger partial charge in [0.2, 0.25) is 0 Å². The Hall–Kier alpha value is -1.07. The monoisotopic (exact) mass is 274 g/mol. The average Bonchev–Trinajstić information content (AvgIpc) is 2.50. The molecule has 6 heteroatoms. The minimum Gasteiger partial charge on any atom is -0.296 e. The molecular weight excluding hydrogens is 271 g/mol. The van der Waals surface area contributed by atoms with E-state index in [4.69, 9.17) is 11.6 Å². The Kier molecular flexibility index (Phi) is 2.43. The molecule has 2 aromatic rings. The second-order valence-electron chi connectivity index (χ2n) is 2.60. The van der Waals surface area contributed by atoms with Crippen LogP contribution in [0.4, 0.5) is 0 Å². The maximum Gasteiger partial charge on any atom is 0.439 e. The lowest BCUT2D eigenvalue weighted by molar-refractivity contribution is 0.388. The van der Waals surface area contributed by atoms with Crippen LogP contribution in [0.1, 0.15) is 0 Å². The number of nitrogens with zero attached hydrogens (tertiary/aromatic N) is 1. The number of nitrogens with one attached hydrogen (secondary N) is 1. The summed E-state index contributed by atoms with van der Waals surface area (Å²) >= 11 is 9.11. The van der Waals surface area contributed by atoms with Gasteiger partial charge in [0.15, 0.2) is 5.82 Å². The van der Waals surface area contributed by atoms with E-state index in [1.165, 1.54) is 0 Å². The van der Waals surface area contributed by atoms with Gasteiger partial charge in [-0.25, -0.2) is 4.79 Å². The molecule has 4 nitrogen and oxygen atoms in total. The van der Waals surface area contributed by atoms with Crippen molar-refractivity contribution in [2.75, 3.05) is 0 Å². The van der Waals surface area contributed by atoms with Crippen LogP contribution < -0.4 is 5.76 Å². The van der Waals surface area contributed by atoms with Gasteiger partial charge in [-0.2, -0.15) is 0 Å². The van der Waals surface area contributed by atoms with Gasteiger partial charge in [0.1, 0.15) is 0 Å². The molecule has 0 aliphatic rings. The highest BCUT2D eigenvalue weighted by atomic mass is 79.9. The van der Waals surface area contributed by atoms with Crippen molar-refractivity contribution in [2.45, 2.75) is 0 Å². The number of rotatable bonds is 1. The maximum absolute atomic E-state index is 10.7. The van der Waals surface area contributed by atoms with Gasteiger partial charge in [-0.05, 0) is 18.2 Å². The SMILES string of the molecule is O=c1[nH]c(-c2cc(Cl)cc(Br)c2)no1. The quantitative estimate of drug-likeness (QED) is 0.869. The van der Waals surface area contributed by atoms with E-state index >= 15 is 0 Å². The van der Waals surface area contributed by atoms with Gasteiger partial charge in [0.25, 0.3) is 0 Å². The van der Waals surface area contributed by atoms with E-state index in [2.05, 4.69) is 30.6 Å². The molecule has 0 radical (unpaired) electrons. The van der Waals surface area contributed by atoms with E-state index < -0.39 is 5.76 Å². The third kappa shape index (κ3) is 1.88. The average molecular weight is 275 g/mol. The zero-order valence-corrected chi connectivity index (χ0v) is 9.09. The predicted molar refractivity (Wildman–Crippen MR) is 55.3 cm³/mol. The molecule has 0 aliphatic carbocycles. The minimum atomic E-state index is -0.587. The predicted octanol–water partition coefficient (Wildman–Crippen LogP) is 2.45. The first-order valence-corrected chi connectivity index (χ1v) is 4.85. The fraction of sp³-hybridized carbons (Fsp3) is 0. The van der Waals surface area contributed by atoms with Crippen LogP contribution in [0, 0.1) is 0 Å². The number of benzene rings is 1.